The third-order valence-electron chi connectivity index (χ3n) is 7.10. The van der Waals surface area contributed by atoms with Crippen LogP contribution in [0.1, 0.15) is 123 Å². The Labute approximate surface area is 221 Å². The van der Waals surface area contributed by atoms with Crippen LogP contribution in [0.15, 0.2) is 47.1 Å². The average Bonchev–Trinajstić information content (AvgIpc) is 2.79. The number of hydrogen-bond donors (Lipinski definition) is 0. The zero-order valence-electron chi connectivity index (χ0n) is 24.1. The lowest BCUT2D eigenvalue weighted by Crippen LogP contribution is -2.36. The first-order chi connectivity index (χ1) is 17.1. The molecule has 0 amide bonds. The molecule has 0 radical (unpaired) electrons. The molecule has 0 spiro atoms. The van der Waals surface area contributed by atoms with Gasteiger partial charge in [-0.25, -0.2) is 0 Å². The molecule has 1 aliphatic rings. The van der Waals surface area contributed by atoms with Crippen LogP contribution in [0.4, 0.5) is 0 Å². The highest BCUT2D eigenvalue weighted by molar-refractivity contribution is 5.72. The van der Waals surface area contributed by atoms with Crippen LogP contribution in [0.3, 0.4) is 0 Å². The number of carbonyl (C=O) groups excluding carboxylic acids is 1. The predicted octanol–water partition coefficient (Wildman–Crippen LogP) is 9.76. The monoisotopic (exact) mass is 494 g/mol. The fourth-order valence-corrected chi connectivity index (χ4v) is 4.74. The third kappa shape index (κ3) is 10.8. The van der Waals surface area contributed by atoms with E-state index in [1.54, 1.807) is 0 Å². The summed E-state index contributed by atoms with van der Waals surface area (Å²) >= 11 is 0. The fourth-order valence-electron chi connectivity index (χ4n) is 4.74. The van der Waals surface area contributed by atoms with Crippen LogP contribution in [0.25, 0.3) is 0 Å². The molecule has 0 aromatic heterocycles. The molecule has 0 aliphatic carbocycles. The molecule has 0 bridgehead atoms. The van der Waals surface area contributed by atoms with Gasteiger partial charge in [-0.3, -0.25) is 4.79 Å². The minimum atomic E-state index is -0.158. The quantitative estimate of drug-likeness (QED) is 0.112. The average molecular weight is 495 g/mol. The Balaban J connectivity index is 1.84. The SMILES string of the molecule is CCCCCC(=O)Oc1cc(C)c2c(c1)CCC(C)(CC/C=C(\C)CC/C=C(\C)CCC=C(C)C)O2. The van der Waals surface area contributed by atoms with E-state index in [4.69, 9.17) is 9.47 Å². The maximum Gasteiger partial charge on any atom is 0.311 e. The lowest BCUT2D eigenvalue weighted by Gasteiger charge is -2.37. The summed E-state index contributed by atoms with van der Waals surface area (Å²) in [4.78, 5) is 12.1. The van der Waals surface area contributed by atoms with Crippen molar-refractivity contribution in [1.82, 2.24) is 0 Å². The number of rotatable bonds is 14. The molecule has 1 heterocycles. The van der Waals surface area contributed by atoms with E-state index in [0.29, 0.717) is 12.2 Å². The number of hydrogen-bond acceptors (Lipinski definition) is 3. The summed E-state index contributed by atoms with van der Waals surface area (Å²) < 4.78 is 12.2. The molecule has 0 saturated carbocycles. The maximum atomic E-state index is 12.1. The topological polar surface area (TPSA) is 35.5 Å². The summed E-state index contributed by atoms with van der Waals surface area (Å²) in [6.45, 7) is 15.3. The van der Waals surface area contributed by atoms with Gasteiger partial charge in [0.05, 0.1) is 0 Å². The molecule has 2 rings (SSSR count). The minimum Gasteiger partial charge on any atom is -0.487 e. The molecular formula is C33H50O3. The second kappa shape index (κ2) is 15.1. The molecule has 1 atom stereocenters. The normalized spacial score (nSPS) is 17.9. The molecule has 1 aromatic rings. The molecule has 200 valence electrons. The van der Waals surface area contributed by atoms with Gasteiger partial charge in [-0.05, 0) is 123 Å². The zero-order valence-corrected chi connectivity index (χ0v) is 24.1. The Bertz CT molecular complexity index is 946. The highest BCUT2D eigenvalue weighted by atomic mass is 16.5. The number of unbranched alkanes of at least 4 members (excludes halogenated alkanes) is 2. The van der Waals surface area contributed by atoms with Crippen molar-refractivity contribution in [3.05, 3.63) is 58.2 Å². The van der Waals surface area contributed by atoms with Crippen molar-refractivity contribution >= 4 is 5.97 Å². The van der Waals surface area contributed by atoms with Crippen molar-refractivity contribution < 1.29 is 14.3 Å². The molecule has 3 nitrogen and oxygen atoms in total. The predicted molar refractivity (Wildman–Crippen MR) is 153 cm³/mol. The molecule has 3 heteroatoms. The number of benzene rings is 1. The van der Waals surface area contributed by atoms with E-state index >= 15 is 0 Å². The Morgan fingerprint density at radius 1 is 0.972 bits per heavy atom. The number of aryl methyl sites for hydroxylation is 2. The van der Waals surface area contributed by atoms with Crippen molar-refractivity contribution in [2.45, 2.75) is 131 Å². The Kier molecular flexibility index (Phi) is 12.5. The Hall–Kier alpha value is -2.29. The fraction of sp³-hybridized carbons (Fsp3) is 0.606. The van der Waals surface area contributed by atoms with Crippen molar-refractivity contribution in [2.24, 2.45) is 0 Å². The van der Waals surface area contributed by atoms with Crippen LogP contribution in [-0.4, -0.2) is 11.6 Å². The second-order valence-corrected chi connectivity index (χ2v) is 11.2. The number of esters is 1. The van der Waals surface area contributed by atoms with E-state index < -0.39 is 0 Å². The largest absolute Gasteiger partial charge is 0.487 e. The van der Waals surface area contributed by atoms with Crippen LogP contribution in [-0.2, 0) is 11.2 Å². The van der Waals surface area contributed by atoms with Crippen molar-refractivity contribution in [1.29, 1.82) is 0 Å². The lowest BCUT2D eigenvalue weighted by molar-refractivity contribution is -0.134. The van der Waals surface area contributed by atoms with Gasteiger partial charge < -0.3 is 9.47 Å². The Morgan fingerprint density at radius 3 is 2.31 bits per heavy atom. The summed E-state index contributed by atoms with van der Waals surface area (Å²) in [7, 11) is 0. The molecular weight excluding hydrogens is 444 g/mol. The number of allylic oxidation sites excluding steroid dienone is 6. The summed E-state index contributed by atoms with van der Waals surface area (Å²) in [6, 6.07) is 3.94. The standard InChI is InChI=1S/C33H50O3/c1-8-9-10-19-31(34)35-30-23-28(6)32-29(24-30)20-22-33(7,36-32)21-13-18-27(5)17-12-16-26(4)15-11-14-25(2)3/h14,16,18,23-24H,8-13,15,17,19-22H2,1-7H3/b26-16+,27-18+. The molecule has 1 unspecified atom stereocenters. The number of fused-ring (bicyclic) bond motifs is 1. The van der Waals surface area contributed by atoms with Crippen LogP contribution in [0.5, 0.6) is 11.5 Å². The molecule has 0 N–H and O–H groups in total. The maximum absolute atomic E-state index is 12.1. The summed E-state index contributed by atoms with van der Waals surface area (Å²) in [5.41, 5.74) is 6.40. The third-order valence-corrected chi connectivity index (χ3v) is 7.10. The van der Waals surface area contributed by atoms with E-state index in [-0.39, 0.29) is 11.6 Å². The van der Waals surface area contributed by atoms with Gasteiger partial charge in [0, 0.05) is 6.42 Å². The van der Waals surface area contributed by atoms with Gasteiger partial charge in [0.1, 0.15) is 17.1 Å². The van der Waals surface area contributed by atoms with Gasteiger partial charge in [-0.2, -0.15) is 0 Å². The van der Waals surface area contributed by atoms with Gasteiger partial charge in [0.2, 0.25) is 0 Å². The molecule has 0 fully saturated rings. The number of carbonyl (C=O) groups is 1. The van der Waals surface area contributed by atoms with Gasteiger partial charge >= 0.3 is 5.97 Å². The van der Waals surface area contributed by atoms with Crippen LogP contribution < -0.4 is 9.47 Å². The van der Waals surface area contributed by atoms with E-state index in [9.17, 15) is 4.79 Å². The zero-order chi connectivity index (χ0) is 26.6. The first kappa shape index (κ1) is 29.9. The van der Waals surface area contributed by atoms with Gasteiger partial charge in [-0.15, -0.1) is 0 Å². The molecule has 36 heavy (non-hydrogen) atoms. The van der Waals surface area contributed by atoms with Crippen LogP contribution in [0, 0.1) is 6.92 Å². The summed E-state index contributed by atoms with van der Waals surface area (Å²) in [5, 5.41) is 0. The van der Waals surface area contributed by atoms with E-state index in [1.165, 1.54) is 16.7 Å². The van der Waals surface area contributed by atoms with Crippen LogP contribution >= 0.6 is 0 Å². The minimum absolute atomic E-state index is 0.138. The lowest BCUT2D eigenvalue weighted by atomic mass is 9.87. The molecule has 1 aromatic carbocycles. The van der Waals surface area contributed by atoms with Gasteiger partial charge in [0.15, 0.2) is 0 Å². The van der Waals surface area contributed by atoms with Crippen LogP contribution in [0.2, 0.25) is 0 Å². The Morgan fingerprint density at radius 2 is 1.64 bits per heavy atom. The molecule has 1 aliphatic heterocycles. The summed E-state index contributed by atoms with van der Waals surface area (Å²) in [6.07, 6.45) is 19.2. The van der Waals surface area contributed by atoms with Crippen molar-refractivity contribution in [2.75, 3.05) is 0 Å². The first-order valence-corrected chi connectivity index (χ1v) is 14.1. The van der Waals surface area contributed by atoms with Crippen molar-refractivity contribution in [3.63, 3.8) is 0 Å². The smallest absolute Gasteiger partial charge is 0.311 e. The van der Waals surface area contributed by atoms with Gasteiger partial charge in [0.25, 0.3) is 0 Å². The van der Waals surface area contributed by atoms with E-state index in [1.807, 2.05) is 12.1 Å². The molecule has 0 saturated heterocycles. The number of ether oxygens (including phenoxy) is 2. The van der Waals surface area contributed by atoms with Crippen molar-refractivity contribution in [3.8, 4) is 11.5 Å². The second-order valence-electron chi connectivity index (χ2n) is 11.2. The summed E-state index contributed by atoms with van der Waals surface area (Å²) in [5.74, 6) is 1.49. The van der Waals surface area contributed by atoms with Gasteiger partial charge in [-0.1, -0.05) is 54.7 Å². The van der Waals surface area contributed by atoms with E-state index in [0.717, 1.165) is 87.5 Å². The highest BCUT2D eigenvalue weighted by Crippen LogP contribution is 2.40. The first-order valence-electron chi connectivity index (χ1n) is 14.1. The highest BCUT2D eigenvalue weighted by Gasteiger charge is 2.32. The van der Waals surface area contributed by atoms with E-state index in [2.05, 4.69) is 66.7 Å².